The first kappa shape index (κ1) is 53.0. The molecule has 0 fully saturated rings. The fraction of sp³-hybridized carbons (Fsp3) is 0.543. The molecule has 17 heteroatoms. The average molecular weight is 880 g/mol. The molecule has 346 valence electrons. The number of carboxylic acid groups (broad SMARTS) is 3. The van der Waals surface area contributed by atoms with Crippen LogP contribution in [0.1, 0.15) is 120 Å². The number of nitrogens with one attached hydrogen (secondary N) is 5. The second-order valence-electron chi connectivity index (χ2n) is 15.7. The summed E-state index contributed by atoms with van der Waals surface area (Å²) in [5.74, 6) is -5.55. The van der Waals surface area contributed by atoms with E-state index in [-0.39, 0.29) is 67.8 Å². The molecule has 5 amide bonds. The number of hydrogen-bond donors (Lipinski definition) is 8. The lowest BCUT2D eigenvalue weighted by molar-refractivity contribution is -0.141. The number of Topliss-reactive ketones (excluding diaryl/α,β-unsaturated/α-hetero) is 2. The number of carbonyl (C=O) groups excluding carboxylic acids is 6. The Morgan fingerprint density at radius 1 is 0.524 bits per heavy atom. The first-order valence-corrected chi connectivity index (χ1v) is 21.8. The van der Waals surface area contributed by atoms with Crippen LogP contribution in [-0.2, 0) is 51.2 Å². The largest absolute Gasteiger partial charge is 0.481 e. The lowest BCUT2D eigenvalue weighted by atomic mass is 9.89. The van der Waals surface area contributed by atoms with Crippen LogP contribution in [0.25, 0.3) is 0 Å². The third-order valence-corrected chi connectivity index (χ3v) is 10.5. The smallest absolute Gasteiger partial charge is 0.326 e. The molecule has 0 bridgehead atoms. The topological polar surface area (TPSA) is 274 Å². The summed E-state index contributed by atoms with van der Waals surface area (Å²) in [6, 6.07) is 14.1. The Bertz CT molecular complexity index is 1780. The summed E-state index contributed by atoms with van der Waals surface area (Å²) in [4.78, 5) is 110. The van der Waals surface area contributed by atoms with E-state index in [1.807, 2.05) is 60.7 Å². The van der Waals surface area contributed by atoms with Gasteiger partial charge in [0.1, 0.15) is 17.9 Å². The number of unbranched alkanes of at least 4 members (excludes halogenated alkanes) is 6. The minimum atomic E-state index is -1.49. The van der Waals surface area contributed by atoms with Crippen molar-refractivity contribution in [3.05, 3.63) is 71.8 Å². The predicted octanol–water partition coefficient (Wildman–Crippen LogP) is 4.50. The van der Waals surface area contributed by atoms with Gasteiger partial charge in [-0.05, 0) is 62.5 Å². The highest BCUT2D eigenvalue weighted by Gasteiger charge is 2.29. The number of hydrogen-bond acceptors (Lipinski definition) is 9. The first-order chi connectivity index (χ1) is 30.2. The molecule has 2 aromatic carbocycles. The molecule has 4 atom stereocenters. The van der Waals surface area contributed by atoms with Crippen molar-refractivity contribution in [2.24, 2.45) is 5.92 Å². The molecule has 0 saturated heterocycles. The predicted molar refractivity (Wildman–Crippen MR) is 233 cm³/mol. The van der Waals surface area contributed by atoms with Crippen molar-refractivity contribution in [1.29, 1.82) is 0 Å². The molecule has 4 unspecified atom stereocenters. The molecular formula is C46H65N5O12. The van der Waals surface area contributed by atoms with Gasteiger partial charge in [-0.2, -0.15) is 0 Å². The van der Waals surface area contributed by atoms with Gasteiger partial charge in [-0.15, -0.1) is 0 Å². The second-order valence-corrected chi connectivity index (χ2v) is 15.7. The Labute approximate surface area is 368 Å². The SMILES string of the molecule is CNC(=O)CCCC(=O)NC(Cc1ccccc1)C(=O)CC(Cc1ccccc1)C(=O)NCCCCCCCC(=O)CCCCCC(NC(=O)NC(CCC(=O)O)C(=O)O)C(=O)O. The highest BCUT2D eigenvalue weighted by molar-refractivity contribution is 5.93. The minimum Gasteiger partial charge on any atom is -0.481 e. The molecule has 17 nitrogen and oxygen atoms in total. The molecule has 0 saturated carbocycles. The van der Waals surface area contributed by atoms with E-state index in [0.717, 1.165) is 30.4 Å². The molecule has 2 rings (SSSR count). The highest BCUT2D eigenvalue weighted by atomic mass is 16.4. The number of urea groups is 1. The maximum absolute atomic E-state index is 13.8. The van der Waals surface area contributed by atoms with Crippen molar-refractivity contribution in [3.8, 4) is 0 Å². The van der Waals surface area contributed by atoms with Crippen molar-refractivity contribution in [3.63, 3.8) is 0 Å². The zero-order valence-corrected chi connectivity index (χ0v) is 36.2. The second kappa shape index (κ2) is 30.8. The van der Waals surface area contributed by atoms with Crippen LogP contribution in [0, 0.1) is 5.92 Å². The van der Waals surface area contributed by atoms with E-state index in [0.29, 0.717) is 64.3 Å². The van der Waals surface area contributed by atoms with Crippen molar-refractivity contribution in [2.45, 2.75) is 140 Å². The summed E-state index contributed by atoms with van der Waals surface area (Å²) in [5, 5.41) is 40.1. The maximum atomic E-state index is 13.8. The number of ketones is 2. The number of rotatable bonds is 34. The molecule has 0 aliphatic heterocycles. The van der Waals surface area contributed by atoms with Gasteiger partial charge in [0.05, 0.1) is 6.04 Å². The molecule has 2 aromatic rings. The third kappa shape index (κ3) is 24.2. The fourth-order valence-corrected chi connectivity index (χ4v) is 6.88. The molecule has 8 N–H and O–H groups in total. The molecule has 0 aliphatic rings. The lowest BCUT2D eigenvalue weighted by Gasteiger charge is -2.22. The molecule has 0 spiro atoms. The van der Waals surface area contributed by atoms with E-state index in [1.165, 1.54) is 7.05 Å². The molecule has 0 aliphatic carbocycles. The highest BCUT2D eigenvalue weighted by Crippen LogP contribution is 2.17. The van der Waals surface area contributed by atoms with Gasteiger partial charge >= 0.3 is 23.9 Å². The first-order valence-electron chi connectivity index (χ1n) is 21.8. The van der Waals surface area contributed by atoms with Crippen LogP contribution in [0.5, 0.6) is 0 Å². The lowest BCUT2D eigenvalue weighted by Crippen LogP contribution is -2.51. The van der Waals surface area contributed by atoms with E-state index in [4.69, 9.17) is 5.11 Å². The van der Waals surface area contributed by atoms with Crippen molar-refractivity contribution in [2.75, 3.05) is 13.6 Å². The zero-order valence-electron chi connectivity index (χ0n) is 36.2. The van der Waals surface area contributed by atoms with Crippen LogP contribution in [0.3, 0.4) is 0 Å². The average Bonchev–Trinajstić information content (AvgIpc) is 3.25. The maximum Gasteiger partial charge on any atom is 0.326 e. The fourth-order valence-electron chi connectivity index (χ4n) is 6.88. The number of carbonyl (C=O) groups is 9. The van der Waals surface area contributed by atoms with Crippen LogP contribution >= 0.6 is 0 Å². The van der Waals surface area contributed by atoms with Gasteiger partial charge in [-0.3, -0.25) is 28.8 Å². The standard InChI is InChI=1S/C46H65N5O12/c1-47-40(54)24-16-25-41(55)49-38(30-33-19-10-6-11-20-33)39(53)31-34(29-32-17-8-5-9-18-32)43(58)48-28-15-4-2-3-12-21-35(52)22-13-7-14-23-36(44(59)60)50-46(63)51-37(45(61)62)26-27-42(56)57/h5-6,8-11,17-20,34,36-38H,2-4,7,12-16,21-31H2,1H3,(H,47,54)(H,48,58)(H,49,55)(H,56,57)(H,59,60)(H,61,62)(H2,50,51,63). The van der Waals surface area contributed by atoms with Crippen LogP contribution in [0.15, 0.2) is 60.7 Å². The van der Waals surface area contributed by atoms with Gasteiger partial charge in [-0.1, -0.05) is 92.8 Å². The molecule has 0 radical (unpaired) electrons. The zero-order chi connectivity index (χ0) is 46.4. The Morgan fingerprint density at radius 2 is 1.05 bits per heavy atom. The van der Waals surface area contributed by atoms with Gasteiger partial charge < -0.3 is 41.9 Å². The molecule has 0 heterocycles. The van der Waals surface area contributed by atoms with E-state index < -0.39 is 54.4 Å². The Balaban J connectivity index is 1.75. The van der Waals surface area contributed by atoms with E-state index >= 15 is 0 Å². The molecule has 0 aromatic heterocycles. The van der Waals surface area contributed by atoms with Gasteiger partial charge in [0.15, 0.2) is 5.78 Å². The van der Waals surface area contributed by atoms with Crippen LogP contribution in [-0.4, -0.2) is 100 Å². The van der Waals surface area contributed by atoms with Crippen molar-refractivity contribution < 1.29 is 58.5 Å². The number of benzene rings is 2. The van der Waals surface area contributed by atoms with E-state index in [2.05, 4.69) is 26.6 Å². The monoisotopic (exact) mass is 879 g/mol. The summed E-state index contributed by atoms with van der Waals surface area (Å²) >= 11 is 0. The Morgan fingerprint density at radius 3 is 1.62 bits per heavy atom. The third-order valence-electron chi connectivity index (χ3n) is 10.5. The number of carboxylic acids is 3. The number of aliphatic carboxylic acids is 3. The molecule has 63 heavy (non-hydrogen) atoms. The summed E-state index contributed by atoms with van der Waals surface area (Å²) < 4.78 is 0. The molecular weight excluding hydrogens is 815 g/mol. The Kier molecular flexibility index (Phi) is 25.9. The van der Waals surface area contributed by atoms with Gasteiger partial charge in [0.2, 0.25) is 17.7 Å². The van der Waals surface area contributed by atoms with Crippen molar-refractivity contribution >= 4 is 53.2 Å². The van der Waals surface area contributed by atoms with Crippen LogP contribution in [0.2, 0.25) is 0 Å². The summed E-state index contributed by atoms with van der Waals surface area (Å²) in [6.45, 7) is 0.422. The van der Waals surface area contributed by atoms with Crippen LogP contribution in [0.4, 0.5) is 4.79 Å². The van der Waals surface area contributed by atoms with E-state index in [1.54, 1.807) is 0 Å². The minimum absolute atomic E-state index is 0.0638. The summed E-state index contributed by atoms with van der Waals surface area (Å²) in [5.41, 5.74) is 1.77. The van der Waals surface area contributed by atoms with E-state index in [9.17, 15) is 53.4 Å². The summed E-state index contributed by atoms with van der Waals surface area (Å²) in [6.07, 6.45) is 6.59. The van der Waals surface area contributed by atoms with Crippen LogP contribution < -0.4 is 26.6 Å². The van der Waals surface area contributed by atoms with Gasteiger partial charge in [0, 0.05) is 58.0 Å². The van der Waals surface area contributed by atoms with Gasteiger partial charge in [-0.25, -0.2) is 14.4 Å². The quantitative estimate of drug-likeness (QED) is 0.0452. The number of amides is 5. The van der Waals surface area contributed by atoms with Gasteiger partial charge in [0.25, 0.3) is 0 Å². The normalized spacial score (nSPS) is 12.7. The van der Waals surface area contributed by atoms with Crippen molar-refractivity contribution in [1.82, 2.24) is 26.6 Å². The Hall–Kier alpha value is -6.13. The summed E-state index contributed by atoms with van der Waals surface area (Å²) in [7, 11) is 1.53.